The van der Waals surface area contributed by atoms with Crippen molar-refractivity contribution in [3.63, 3.8) is 0 Å². The molecule has 0 aromatic heterocycles. The Morgan fingerprint density at radius 3 is 0.638 bits per heavy atom. The molecule has 0 rings (SSSR count). The van der Waals surface area contributed by atoms with E-state index in [9.17, 15) is 0 Å². The molecule has 0 aromatic rings. The number of hydrogen-bond acceptors (Lipinski definition) is 8. The minimum absolute atomic E-state index is 0. The summed E-state index contributed by atoms with van der Waals surface area (Å²) in [6, 6.07) is 0. The van der Waals surface area contributed by atoms with Gasteiger partial charge in [-0.05, 0) is 25.7 Å². The fourth-order valence-corrected chi connectivity index (χ4v) is 8.37. The van der Waals surface area contributed by atoms with E-state index < -0.39 is 11.4 Å². The summed E-state index contributed by atoms with van der Waals surface area (Å²) >= 11 is 21.2. The van der Waals surface area contributed by atoms with Crippen molar-refractivity contribution in [2.75, 3.05) is 26.4 Å². The van der Waals surface area contributed by atoms with Gasteiger partial charge in [-0.25, -0.2) is 0 Å². The Hall–Kier alpha value is 2.46. The maximum atomic E-state index is 5.64. The van der Waals surface area contributed by atoms with Crippen LogP contribution < -0.4 is 0 Å². The molecule has 280 valence electrons. The van der Waals surface area contributed by atoms with Gasteiger partial charge in [0.2, 0.25) is 0 Å². The van der Waals surface area contributed by atoms with Crippen molar-refractivity contribution in [2.45, 2.75) is 207 Å². The summed E-state index contributed by atoms with van der Waals surface area (Å²) in [7, 11) is 0. The first-order chi connectivity index (χ1) is 22.2. The van der Waals surface area contributed by atoms with Crippen LogP contribution in [0.1, 0.15) is 207 Å². The van der Waals surface area contributed by atoms with E-state index in [0.717, 1.165) is 25.7 Å². The molecule has 47 heavy (non-hydrogen) atoms. The van der Waals surface area contributed by atoms with E-state index in [2.05, 4.69) is 27.7 Å². The molecule has 0 saturated heterocycles. The third-order valence-corrected chi connectivity index (χ3v) is 12.5. The van der Waals surface area contributed by atoms with Gasteiger partial charge in [0, 0.05) is 0 Å². The van der Waals surface area contributed by atoms with Crippen LogP contribution in [0.2, 0.25) is 0 Å². The monoisotopic (exact) mass is 826 g/mol. The normalized spacial score (nSPS) is 11.7. The van der Waals surface area contributed by atoms with Crippen LogP contribution >= 0.6 is 11.4 Å². The number of unbranched alkanes of at least 4 members (excludes halogenated alkanes) is 24. The van der Waals surface area contributed by atoms with E-state index >= 15 is 0 Å². The summed E-state index contributed by atoms with van der Waals surface area (Å²) in [6.45, 7) is 11.7. The second-order valence-corrected chi connectivity index (χ2v) is 22.7. The third kappa shape index (κ3) is 48.5. The van der Waals surface area contributed by atoms with Crippen LogP contribution in [0, 0.1) is 0 Å². The molecule has 0 unspecified atom stereocenters. The largest absolute Gasteiger partial charge is 2.00 e. The molecule has 0 atom stereocenters. The fraction of sp³-hybridized carbons (Fsp3) is 1.00. The summed E-state index contributed by atoms with van der Waals surface area (Å²) in [5, 5.41) is 0. The van der Waals surface area contributed by atoms with Crippen LogP contribution in [0.25, 0.3) is 0 Å². The summed E-state index contributed by atoms with van der Waals surface area (Å²) in [6.07, 6.45) is 35.7. The van der Waals surface area contributed by atoms with Crippen molar-refractivity contribution in [1.29, 1.82) is 0 Å². The zero-order chi connectivity index (χ0) is 34.5. The average Bonchev–Trinajstić information content (AvgIpc) is 3.02. The summed E-state index contributed by atoms with van der Waals surface area (Å²) in [5.74, 6) is 0. The quantitative estimate of drug-likeness (QED) is 0.0268. The number of hydrogen-bond donors (Lipinski definition) is 0. The number of rotatable bonds is 36. The van der Waals surface area contributed by atoms with E-state index in [1.165, 1.54) is 154 Å². The van der Waals surface area contributed by atoms with Crippen LogP contribution in [-0.4, -0.2) is 26.4 Å². The van der Waals surface area contributed by atoms with Gasteiger partial charge in [-0.3, -0.25) is 0 Å². The predicted molar refractivity (Wildman–Crippen MR) is 219 cm³/mol. The molecular formula is C36H76O4P2S4Zn. The average molecular weight is 829 g/mol. The van der Waals surface area contributed by atoms with Gasteiger partial charge in [0.25, 0.3) is 0 Å². The summed E-state index contributed by atoms with van der Waals surface area (Å²) in [4.78, 5) is 0. The van der Waals surface area contributed by atoms with Gasteiger partial charge in [0.15, 0.2) is 0 Å². The second kappa shape index (κ2) is 42.9. The Labute approximate surface area is 328 Å². The topological polar surface area (TPSA) is 36.9 Å². The molecule has 0 N–H and O–H groups in total. The summed E-state index contributed by atoms with van der Waals surface area (Å²) in [5.41, 5.74) is -4.82. The van der Waals surface area contributed by atoms with Crippen LogP contribution in [-0.2, 0) is 85.7 Å². The van der Waals surface area contributed by atoms with Gasteiger partial charge in [-0.2, -0.15) is 0 Å². The van der Waals surface area contributed by atoms with Crippen molar-refractivity contribution >= 4 is 59.5 Å². The molecule has 0 aliphatic rings. The fourth-order valence-electron chi connectivity index (χ4n) is 5.02. The minimum Gasteiger partial charge on any atom is -0.691 e. The van der Waals surface area contributed by atoms with Gasteiger partial charge in [-0.1, -0.05) is 205 Å². The van der Waals surface area contributed by atoms with Crippen LogP contribution in [0.4, 0.5) is 0 Å². The SMILES string of the molecule is CCCCCCCCCOP(=S)([S-])OCCCCCCCCC.CCCCCCCCCOP(=S)([S-])OCCCCCCCCC.[Zn+2]. The molecule has 0 saturated carbocycles. The first-order valence-corrected chi connectivity index (χ1v) is 26.7. The van der Waals surface area contributed by atoms with Crippen LogP contribution in [0.15, 0.2) is 0 Å². The maximum Gasteiger partial charge on any atom is 2.00 e. The van der Waals surface area contributed by atoms with E-state index in [1.807, 2.05) is 0 Å². The Bertz CT molecular complexity index is 591. The first-order valence-electron chi connectivity index (χ1n) is 19.4. The van der Waals surface area contributed by atoms with Crippen LogP contribution in [0.3, 0.4) is 0 Å². The molecule has 11 heteroatoms. The molecule has 0 spiro atoms. The summed E-state index contributed by atoms with van der Waals surface area (Å²) < 4.78 is 22.5. The van der Waals surface area contributed by atoms with Crippen molar-refractivity contribution in [3.8, 4) is 0 Å². The molecule has 0 bridgehead atoms. The Morgan fingerprint density at radius 1 is 0.319 bits per heavy atom. The molecule has 0 aliphatic carbocycles. The molecule has 0 amide bonds. The smallest absolute Gasteiger partial charge is 0.691 e. The van der Waals surface area contributed by atoms with Crippen molar-refractivity contribution < 1.29 is 37.6 Å². The zero-order valence-electron chi connectivity index (χ0n) is 31.5. The Morgan fingerprint density at radius 2 is 0.468 bits per heavy atom. The molecule has 4 nitrogen and oxygen atoms in total. The van der Waals surface area contributed by atoms with E-state index in [0.29, 0.717) is 26.4 Å². The molecule has 0 radical (unpaired) electrons. The van der Waals surface area contributed by atoms with E-state index in [1.54, 1.807) is 0 Å². The molecule has 0 fully saturated rings. The minimum atomic E-state index is -2.41. The molecular weight excluding hydrogens is 752 g/mol. The molecule has 0 heterocycles. The molecule has 0 aromatic carbocycles. The van der Waals surface area contributed by atoms with Gasteiger partial charge < -0.3 is 42.6 Å². The Balaban J connectivity index is -0.000000807. The van der Waals surface area contributed by atoms with Crippen molar-refractivity contribution in [1.82, 2.24) is 0 Å². The first kappa shape index (κ1) is 53.8. The second-order valence-electron chi connectivity index (χ2n) is 12.7. The van der Waals surface area contributed by atoms with Gasteiger partial charge in [-0.15, -0.1) is 0 Å². The third-order valence-electron chi connectivity index (χ3n) is 7.99. The van der Waals surface area contributed by atoms with Gasteiger partial charge in [0.05, 0.1) is 37.8 Å². The van der Waals surface area contributed by atoms with Crippen molar-refractivity contribution in [2.24, 2.45) is 0 Å². The van der Waals surface area contributed by atoms with Crippen molar-refractivity contribution in [3.05, 3.63) is 0 Å². The Kier molecular flexibility index (Phi) is 49.1. The standard InChI is InChI=1S/2C18H39O2PS2.Zn/c2*1-3-5-7-9-11-13-15-17-19-21(22,23)20-18-16-14-12-10-8-6-4-2;/h2*3-18H2,1-2H3,(H,22,23);/q;;+2/p-2. The molecule has 0 aliphatic heterocycles. The van der Waals surface area contributed by atoms with Gasteiger partial charge in [0.1, 0.15) is 0 Å². The van der Waals surface area contributed by atoms with E-state index in [-0.39, 0.29) is 19.5 Å². The zero-order valence-corrected chi connectivity index (χ0v) is 39.5. The maximum absolute atomic E-state index is 5.64. The predicted octanol–water partition coefficient (Wildman–Crippen LogP) is 14.6. The van der Waals surface area contributed by atoms with E-state index in [4.69, 9.17) is 66.2 Å². The van der Waals surface area contributed by atoms with Gasteiger partial charge >= 0.3 is 19.5 Å². The van der Waals surface area contributed by atoms with Crippen LogP contribution in [0.5, 0.6) is 0 Å².